The first kappa shape index (κ1) is 10.5. The summed E-state index contributed by atoms with van der Waals surface area (Å²) in [5, 5.41) is 0. The van der Waals surface area contributed by atoms with Crippen molar-refractivity contribution in [2.75, 3.05) is 0 Å². The number of unbranched alkanes of at least 4 members (excludes halogenated alkanes) is 3. The molecule has 0 unspecified atom stereocenters. The van der Waals surface area contributed by atoms with E-state index in [2.05, 4.69) is 38.2 Å². The van der Waals surface area contributed by atoms with Crippen LogP contribution in [0.25, 0.3) is 0 Å². The van der Waals surface area contributed by atoms with Crippen molar-refractivity contribution in [1.82, 2.24) is 0 Å². The molecule has 0 rings (SSSR count). The second-order valence-electron chi connectivity index (χ2n) is 2.61. The lowest BCUT2D eigenvalue weighted by Crippen LogP contribution is -1.69. The van der Waals surface area contributed by atoms with Gasteiger partial charge in [-0.3, -0.25) is 0 Å². The zero-order valence-corrected chi connectivity index (χ0v) is 7.55. The third kappa shape index (κ3) is 9.48. The predicted molar refractivity (Wildman–Crippen MR) is 52.4 cm³/mol. The van der Waals surface area contributed by atoms with Gasteiger partial charge in [0.1, 0.15) is 0 Å². The third-order valence-electron chi connectivity index (χ3n) is 1.51. The van der Waals surface area contributed by atoms with E-state index < -0.39 is 0 Å². The van der Waals surface area contributed by atoms with E-state index in [9.17, 15) is 0 Å². The van der Waals surface area contributed by atoms with E-state index in [0.717, 1.165) is 12.8 Å². The number of hydrogen-bond acceptors (Lipinski definition) is 0. The minimum Gasteiger partial charge on any atom is -0.0917 e. The average molecular weight is 151 g/mol. The molecule has 0 spiro atoms. The Morgan fingerprint density at radius 2 is 1.64 bits per heavy atom. The van der Waals surface area contributed by atoms with E-state index >= 15 is 0 Å². The Balaban J connectivity index is 3.00. The van der Waals surface area contributed by atoms with Crippen molar-refractivity contribution in [2.24, 2.45) is 0 Å². The van der Waals surface area contributed by atoms with Crippen LogP contribution in [0.2, 0.25) is 0 Å². The molecule has 0 aromatic carbocycles. The molecule has 0 atom stereocenters. The van der Waals surface area contributed by atoms with Gasteiger partial charge in [0.05, 0.1) is 0 Å². The number of hydrogen-bond donors (Lipinski definition) is 0. The minimum atomic E-state index is 1.02. The summed E-state index contributed by atoms with van der Waals surface area (Å²) in [5.74, 6) is 0. The molecule has 0 heteroatoms. The van der Waals surface area contributed by atoms with Crippen molar-refractivity contribution in [3.8, 4) is 0 Å². The summed E-state index contributed by atoms with van der Waals surface area (Å²) < 4.78 is 0. The Morgan fingerprint density at radius 3 is 2.27 bits per heavy atom. The van der Waals surface area contributed by atoms with Gasteiger partial charge in [0.25, 0.3) is 0 Å². The molecule has 0 aromatic heterocycles. The maximum Gasteiger partial charge on any atom is -0.0348 e. The first-order chi connectivity index (χ1) is 5.41. The van der Waals surface area contributed by atoms with Crippen molar-refractivity contribution in [3.63, 3.8) is 0 Å². The van der Waals surface area contributed by atoms with Gasteiger partial charge in [-0.05, 0) is 39.0 Å². The van der Waals surface area contributed by atoms with Gasteiger partial charge < -0.3 is 0 Å². The molecular weight excluding hydrogens is 132 g/mol. The SMILES string of the molecule is [CH2]CC/C=C/CCC/C=C/C. The zero-order valence-electron chi connectivity index (χ0n) is 7.55. The summed E-state index contributed by atoms with van der Waals surface area (Å²) in [4.78, 5) is 0. The topological polar surface area (TPSA) is 0 Å². The van der Waals surface area contributed by atoms with E-state index in [-0.39, 0.29) is 0 Å². The Kier molecular flexibility index (Phi) is 9.03. The molecule has 0 fully saturated rings. The maximum atomic E-state index is 3.77. The van der Waals surface area contributed by atoms with E-state index in [0.29, 0.717) is 0 Å². The Bertz CT molecular complexity index is 109. The van der Waals surface area contributed by atoms with Crippen molar-refractivity contribution >= 4 is 0 Å². The molecule has 11 heavy (non-hydrogen) atoms. The van der Waals surface area contributed by atoms with Crippen molar-refractivity contribution in [1.29, 1.82) is 0 Å². The highest BCUT2D eigenvalue weighted by molar-refractivity contribution is 4.83. The highest BCUT2D eigenvalue weighted by Gasteiger charge is 1.79. The van der Waals surface area contributed by atoms with Crippen molar-refractivity contribution in [3.05, 3.63) is 31.2 Å². The van der Waals surface area contributed by atoms with Crippen LogP contribution in [0.4, 0.5) is 0 Å². The summed E-state index contributed by atoms with van der Waals surface area (Å²) in [6.45, 7) is 5.84. The number of allylic oxidation sites excluding steroid dienone is 4. The normalized spacial score (nSPS) is 11.8. The summed E-state index contributed by atoms with van der Waals surface area (Å²) in [6, 6.07) is 0. The van der Waals surface area contributed by atoms with Crippen molar-refractivity contribution in [2.45, 2.75) is 39.0 Å². The van der Waals surface area contributed by atoms with E-state index in [1.807, 2.05) is 0 Å². The summed E-state index contributed by atoms with van der Waals surface area (Å²) >= 11 is 0. The molecule has 0 saturated heterocycles. The molecule has 1 radical (unpaired) electrons. The molecule has 63 valence electrons. The predicted octanol–water partition coefficient (Wildman–Crippen LogP) is 3.90. The summed E-state index contributed by atoms with van der Waals surface area (Å²) in [6.07, 6.45) is 14.7. The van der Waals surface area contributed by atoms with Gasteiger partial charge in [0, 0.05) is 0 Å². The second-order valence-corrected chi connectivity index (χ2v) is 2.61. The zero-order chi connectivity index (χ0) is 8.36. The molecule has 0 aromatic rings. The van der Waals surface area contributed by atoms with E-state index in [1.54, 1.807) is 0 Å². The van der Waals surface area contributed by atoms with E-state index in [1.165, 1.54) is 19.3 Å². The quantitative estimate of drug-likeness (QED) is 0.399. The highest BCUT2D eigenvalue weighted by Crippen LogP contribution is 1.99. The van der Waals surface area contributed by atoms with Gasteiger partial charge in [-0.1, -0.05) is 31.2 Å². The number of rotatable bonds is 6. The molecule has 0 amide bonds. The van der Waals surface area contributed by atoms with E-state index in [4.69, 9.17) is 0 Å². The lowest BCUT2D eigenvalue weighted by atomic mass is 10.2. The standard InChI is InChI=1S/C11H19/c1-3-5-7-9-11-10-8-6-4-2/h4,6-7,9H,1,3,5,8,10-11H2,2H3/b6-4+,9-7+. The third-order valence-corrected chi connectivity index (χ3v) is 1.51. The Hall–Kier alpha value is -0.520. The van der Waals surface area contributed by atoms with Crippen molar-refractivity contribution < 1.29 is 0 Å². The Morgan fingerprint density at radius 1 is 1.00 bits per heavy atom. The second kappa shape index (κ2) is 9.48. The first-order valence-corrected chi connectivity index (χ1v) is 4.47. The largest absolute Gasteiger partial charge is 0.0917 e. The minimum absolute atomic E-state index is 1.02. The van der Waals surface area contributed by atoms with Crippen LogP contribution in [-0.2, 0) is 0 Å². The van der Waals surface area contributed by atoms with Gasteiger partial charge in [0.2, 0.25) is 0 Å². The molecule has 0 aliphatic carbocycles. The fourth-order valence-corrected chi connectivity index (χ4v) is 0.874. The smallest absolute Gasteiger partial charge is 0.0348 e. The maximum absolute atomic E-state index is 3.77. The molecule has 0 aliphatic heterocycles. The van der Waals surface area contributed by atoms with Crippen LogP contribution in [0.1, 0.15) is 39.0 Å². The summed E-state index contributed by atoms with van der Waals surface area (Å²) in [7, 11) is 0. The lowest BCUT2D eigenvalue weighted by Gasteiger charge is -1.89. The molecule has 0 bridgehead atoms. The monoisotopic (exact) mass is 151 g/mol. The van der Waals surface area contributed by atoms with Crippen LogP contribution in [-0.4, -0.2) is 0 Å². The van der Waals surface area contributed by atoms with Gasteiger partial charge in [-0.25, -0.2) is 0 Å². The molecule has 0 saturated carbocycles. The summed E-state index contributed by atoms with van der Waals surface area (Å²) in [5.41, 5.74) is 0. The molecular formula is C11H19. The van der Waals surface area contributed by atoms with Crippen LogP contribution >= 0.6 is 0 Å². The van der Waals surface area contributed by atoms with Crippen LogP contribution in [0.15, 0.2) is 24.3 Å². The van der Waals surface area contributed by atoms with Gasteiger partial charge in [0.15, 0.2) is 0 Å². The average Bonchev–Trinajstić information content (AvgIpc) is 2.03. The fraction of sp³-hybridized carbons (Fsp3) is 0.545. The fourth-order valence-electron chi connectivity index (χ4n) is 0.874. The highest BCUT2D eigenvalue weighted by atomic mass is 13.9. The van der Waals surface area contributed by atoms with Gasteiger partial charge in [-0.15, -0.1) is 0 Å². The van der Waals surface area contributed by atoms with Crippen LogP contribution < -0.4 is 0 Å². The lowest BCUT2D eigenvalue weighted by molar-refractivity contribution is 0.861. The Labute approximate surface area is 71.0 Å². The molecule has 0 nitrogen and oxygen atoms in total. The van der Waals surface area contributed by atoms with Crippen LogP contribution in [0, 0.1) is 6.92 Å². The molecule has 0 aliphatic rings. The van der Waals surface area contributed by atoms with Crippen LogP contribution in [0.5, 0.6) is 0 Å². The van der Waals surface area contributed by atoms with Gasteiger partial charge >= 0.3 is 0 Å². The van der Waals surface area contributed by atoms with Crippen LogP contribution in [0.3, 0.4) is 0 Å². The molecule has 0 N–H and O–H groups in total. The molecule has 0 heterocycles. The first-order valence-electron chi connectivity index (χ1n) is 4.47. The van der Waals surface area contributed by atoms with Gasteiger partial charge in [-0.2, -0.15) is 0 Å².